The van der Waals surface area contributed by atoms with Gasteiger partial charge in [0.05, 0.1) is 18.2 Å². The standard InChI is InChI=1S/C14H13F3N2O3/c1-3-4-10(13(21)22-2)8-19(9-20)12-6-5-11(7-18-12)14(15,16)17/h3-9H,1-2H3/b4-3-,10-8+. The van der Waals surface area contributed by atoms with Crippen molar-refractivity contribution in [3.05, 3.63) is 47.8 Å². The molecule has 8 heteroatoms. The van der Waals surface area contributed by atoms with Crippen LogP contribution in [0.3, 0.4) is 0 Å². The first-order valence-electron chi connectivity index (χ1n) is 6.03. The topological polar surface area (TPSA) is 59.5 Å². The maximum atomic E-state index is 12.5. The van der Waals surface area contributed by atoms with Gasteiger partial charge < -0.3 is 4.74 Å². The fourth-order valence-corrected chi connectivity index (χ4v) is 1.47. The van der Waals surface area contributed by atoms with Crippen molar-refractivity contribution < 1.29 is 27.5 Å². The first-order chi connectivity index (χ1) is 10.3. The van der Waals surface area contributed by atoms with Gasteiger partial charge >= 0.3 is 12.1 Å². The summed E-state index contributed by atoms with van der Waals surface area (Å²) in [6, 6.07) is 1.82. The Morgan fingerprint density at radius 1 is 1.36 bits per heavy atom. The molecule has 1 rings (SSSR count). The van der Waals surface area contributed by atoms with Crippen molar-refractivity contribution in [3.8, 4) is 0 Å². The molecule has 0 aliphatic carbocycles. The van der Waals surface area contributed by atoms with Gasteiger partial charge in [0.15, 0.2) is 0 Å². The molecule has 0 aliphatic rings. The molecule has 22 heavy (non-hydrogen) atoms. The van der Waals surface area contributed by atoms with Gasteiger partial charge in [-0.3, -0.25) is 9.69 Å². The maximum absolute atomic E-state index is 12.5. The normalized spacial score (nSPS) is 12.3. The Bertz CT molecular complexity index is 592. The van der Waals surface area contributed by atoms with Crippen molar-refractivity contribution in [2.75, 3.05) is 12.0 Å². The zero-order valence-corrected chi connectivity index (χ0v) is 11.8. The molecule has 1 heterocycles. The van der Waals surface area contributed by atoms with Crippen LogP contribution in [-0.4, -0.2) is 24.5 Å². The van der Waals surface area contributed by atoms with Crippen molar-refractivity contribution in [1.29, 1.82) is 0 Å². The molecular weight excluding hydrogens is 301 g/mol. The quantitative estimate of drug-likeness (QED) is 0.363. The highest BCUT2D eigenvalue weighted by atomic mass is 19.4. The molecular formula is C14H13F3N2O3. The molecule has 0 radical (unpaired) electrons. The van der Waals surface area contributed by atoms with Crippen molar-refractivity contribution >= 4 is 18.2 Å². The summed E-state index contributed by atoms with van der Waals surface area (Å²) in [6.45, 7) is 1.65. The average molecular weight is 314 g/mol. The summed E-state index contributed by atoms with van der Waals surface area (Å²) in [6.07, 6.45) is 0.470. The molecule has 118 valence electrons. The highest BCUT2D eigenvalue weighted by Crippen LogP contribution is 2.29. The number of esters is 1. The van der Waals surface area contributed by atoms with E-state index < -0.39 is 17.7 Å². The van der Waals surface area contributed by atoms with Crippen molar-refractivity contribution in [1.82, 2.24) is 4.98 Å². The van der Waals surface area contributed by atoms with E-state index in [-0.39, 0.29) is 11.4 Å². The molecule has 0 fully saturated rings. The van der Waals surface area contributed by atoms with Crippen LogP contribution in [0.15, 0.2) is 42.3 Å². The molecule has 0 spiro atoms. The number of rotatable bonds is 5. The molecule has 0 unspecified atom stereocenters. The summed E-state index contributed by atoms with van der Waals surface area (Å²) in [4.78, 5) is 27.0. The first kappa shape index (κ1) is 17.4. The molecule has 1 amide bonds. The lowest BCUT2D eigenvalue weighted by Crippen LogP contribution is -2.18. The predicted molar refractivity (Wildman–Crippen MR) is 72.7 cm³/mol. The van der Waals surface area contributed by atoms with Crippen LogP contribution >= 0.6 is 0 Å². The smallest absolute Gasteiger partial charge is 0.417 e. The molecule has 0 saturated heterocycles. The number of amides is 1. The minimum atomic E-state index is -4.52. The van der Waals surface area contributed by atoms with E-state index in [9.17, 15) is 22.8 Å². The minimum absolute atomic E-state index is 0.0406. The Kier molecular flexibility index (Phi) is 5.85. The Morgan fingerprint density at radius 2 is 2.05 bits per heavy atom. The van der Waals surface area contributed by atoms with E-state index in [1.54, 1.807) is 13.0 Å². The third-order valence-electron chi connectivity index (χ3n) is 2.50. The summed E-state index contributed by atoms with van der Waals surface area (Å²) in [5, 5.41) is 0. The van der Waals surface area contributed by atoms with Gasteiger partial charge in [-0.25, -0.2) is 9.78 Å². The lowest BCUT2D eigenvalue weighted by Gasteiger charge is -2.13. The summed E-state index contributed by atoms with van der Waals surface area (Å²) >= 11 is 0. The average Bonchev–Trinajstić information content (AvgIpc) is 2.50. The van der Waals surface area contributed by atoms with Crippen LogP contribution in [0.2, 0.25) is 0 Å². The monoisotopic (exact) mass is 314 g/mol. The Balaban J connectivity index is 3.15. The molecule has 1 aromatic heterocycles. The molecule has 0 atom stereocenters. The van der Waals surface area contributed by atoms with Gasteiger partial charge in [-0.2, -0.15) is 13.2 Å². The van der Waals surface area contributed by atoms with Crippen molar-refractivity contribution in [3.63, 3.8) is 0 Å². The highest BCUT2D eigenvalue weighted by Gasteiger charge is 2.30. The van der Waals surface area contributed by atoms with E-state index in [0.29, 0.717) is 12.6 Å². The zero-order chi connectivity index (χ0) is 16.8. The molecule has 0 saturated carbocycles. The zero-order valence-electron chi connectivity index (χ0n) is 11.8. The summed E-state index contributed by atoms with van der Waals surface area (Å²) < 4.78 is 41.9. The van der Waals surface area contributed by atoms with Crippen LogP contribution in [0.4, 0.5) is 19.0 Å². The van der Waals surface area contributed by atoms with Crippen LogP contribution in [0, 0.1) is 0 Å². The van der Waals surface area contributed by atoms with Gasteiger partial charge in [-0.1, -0.05) is 12.2 Å². The summed E-state index contributed by atoms with van der Waals surface area (Å²) in [5.74, 6) is -0.759. The third-order valence-corrected chi connectivity index (χ3v) is 2.50. The Morgan fingerprint density at radius 3 is 2.45 bits per heavy atom. The van der Waals surface area contributed by atoms with E-state index in [1.807, 2.05) is 0 Å². The fourth-order valence-electron chi connectivity index (χ4n) is 1.47. The number of carbonyl (C=O) groups excluding carboxylic acids is 2. The van der Waals surface area contributed by atoms with Gasteiger partial charge in [0.1, 0.15) is 5.82 Å². The largest absolute Gasteiger partial charge is 0.465 e. The highest BCUT2D eigenvalue weighted by molar-refractivity contribution is 5.93. The van der Waals surface area contributed by atoms with E-state index >= 15 is 0 Å². The van der Waals surface area contributed by atoms with Gasteiger partial charge in [0.25, 0.3) is 0 Å². The molecule has 0 N–H and O–H groups in total. The summed E-state index contributed by atoms with van der Waals surface area (Å²) in [5.41, 5.74) is -0.897. The van der Waals surface area contributed by atoms with E-state index in [2.05, 4.69) is 9.72 Å². The number of hydrogen-bond acceptors (Lipinski definition) is 4. The fraction of sp³-hybridized carbons (Fsp3) is 0.214. The van der Waals surface area contributed by atoms with Gasteiger partial charge in [-0.15, -0.1) is 0 Å². The first-order valence-corrected chi connectivity index (χ1v) is 6.03. The predicted octanol–water partition coefficient (Wildman–Crippen LogP) is 2.70. The number of alkyl halides is 3. The number of methoxy groups -OCH3 is 1. The number of ether oxygens (including phenoxy) is 1. The maximum Gasteiger partial charge on any atom is 0.417 e. The third kappa shape index (κ3) is 4.44. The Hall–Kier alpha value is -2.64. The van der Waals surface area contributed by atoms with Crippen LogP contribution < -0.4 is 4.90 Å². The van der Waals surface area contributed by atoms with Gasteiger partial charge in [-0.05, 0) is 19.1 Å². The SMILES string of the molecule is C/C=C\C(=C/N(C=O)c1ccc(C(F)(F)F)cn1)C(=O)OC. The number of anilines is 1. The van der Waals surface area contributed by atoms with Crippen LogP contribution in [0.25, 0.3) is 0 Å². The number of nitrogens with zero attached hydrogens (tertiary/aromatic N) is 2. The van der Waals surface area contributed by atoms with E-state index in [0.717, 1.165) is 23.2 Å². The van der Waals surface area contributed by atoms with E-state index in [1.165, 1.54) is 13.2 Å². The lowest BCUT2D eigenvalue weighted by atomic mass is 10.2. The number of aromatic nitrogens is 1. The number of carbonyl (C=O) groups is 2. The van der Waals surface area contributed by atoms with Gasteiger partial charge in [0.2, 0.25) is 6.41 Å². The number of halogens is 3. The van der Waals surface area contributed by atoms with Crippen molar-refractivity contribution in [2.45, 2.75) is 13.1 Å². The number of allylic oxidation sites excluding steroid dienone is 1. The second-order valence-electron chi connectivity index (χ2n) is 3.99. The van der Waals surface area contributed by atoms with Gasteiger partial charge in [0, 0.05) is 12.4 Å². The lowest BCUT2D eigenvalue weighted by molar-refractivity contribution is -0.138. The minimum Gasteiger partial charge on any atom is -0.465 e. The summed E-state index contributed by atoms with van der Waals surface area (Å²) in [7, 11) is 1.17. The molecule has 0 bridgehead atoms. The molecule has 1 aromatic rings. The molecule has 0 aliphatic heterocycles. The molecule has 0 aromatic carbocycles. The van der Waals surface area contributed by atoms with Crippen LogP contribution in [-0.2, 0) is 20.5 Å². The number of pyridine rings is 1. The number of hydrogen-bond donors (Lipinski definition) is 0. The van der Waals surface area contributed by atoms with Crippen molar-refractivity contribution in [2.24, 2.45) is 0 Å². The Labute approximate surface area is 124 Å². The second-order valence-corrected chi connectivity index (χ2v) is 3.99. The van der Waals surface area contributed by atoms with Crippen LogP contribution in [0.5, 0.6) is 0 Å². The molecule has 5 nitrogen and oxygen atoms in total. The van der Waals surface area contributed by atoms with E-state index in [4.69, 9.17) is 0 Å². The second kappa shape index (κ2) is 7.39. The van der Waals surface area contributed by atoms with Crippen LogP contribution in [0.1, 0.15) is 12.5 Å².